The molecule has 1 heterocycles. The third-order valence-corrected chi connectivity index (χ3v) is 5.97. The van der Waals surface area contributed by atoms with E-state index in [-0.39, 0.29) is 37.0 Å². The van der Waals surface area contributed by atoms with E-state index in [2.05, 4.69) is 0 Å². The van der Waals surface area contributed by atoms with Crippen molar-refractivity contribution in [2.24, 2.45) is 0 Å². The molecule has 0 bridgehead atoms. The quantitative estimate of drug-likeness (QED) is 0.550. The lowest BCUT2D eigenvalue weighted by atomic mass is 10.3. The van der Waals surface area contributed by atoms with E-state index < -0.39 is 22.1 Å². The number of rotatable bonds is 6. The summed E-state index contributed by atoms with van der Waals surface area (Å²) in [6, 6.07) is 8.22. The average Bonchev–Trinajstić information content (AvgIpc) is 2.66. The summed E-state index contributed by atoms with van der Waals surface area (Å²) in [7, 11) is -3.56. The van der Waals surface area contributed by atoms with E-state index in [1.807, 2.05) is 6.92 Å². The van der Waals surface area contributed by atoms with Crippen LogP contribution in [-0.2, 0) is 24.3 Å². The molecule has 0 radical (unpaired) electrons. The van der Waals surface area contributed by atoms with Gasteiger partial charge in [0.05, 0.1) is 4.90 Å². The van der Waals surface area contributed by atoms with Crippen LogP contribution >= 0.6 is 0 Å². The molecule has 1 fully saturated rings. The Morgan fingerprint density at radius 1 is 1.15 bits per heavy atom. The van der Waals surface area contributed by atoms with Crippen molar-refractivity contribution in [2.75, 3.05) is 26.2 Å². The Hall–Kier alpha value is -2.19. The van der Waals surface area contributed by atoms with Crippen LogP contribution in [0.4, 0.5) is 0 Å². The maximum absolute atomic E-state index is 12.6. The number of carbonyl (C=O) groups excluding carboxylic acids is 2. The number of esters is 1. The Morgan fingerprint density at radius 2 is 1.77 bits per heavy atom. The summed E-state index contributed by atoms with van der Waals surface area (Å²) in [5.74, 6) is -0.877. The van der Waals surface area contributed by atoms with E-state index >= 15 is 0 Å². The molecule has 1 aliphatic rings. The van der Waals surface area contributed by atoms with Crippen molar-refractivity contribution < 1.29 is 22.7 Å². The minimum Gasteiger partial charge on any atom is -0.449 e. The first-order valence-corrected chi connectivity index (χ1v) is 10.0. The molecule has 0 aromatic heterocycles. The number of sulfonamides is 1. The molecule has 7 nitrogen and oxygen atoms in total. The van der Waals surface area contributed by atoms with Gasteiger partial charge in [0.15, 0.2) is 6.10 Å². The van der Waals surface area contributed by atoms with Crippen molar-refractivity contribution in [1.29, 1.82) is 0 Å². The van der Waals surface area contributed by atoms with E-state index in [4.69, 9.17) is 4.74 Å². The zero-order valence-corrected chi connectivity index (χ0v) is 15.8. The summed E-state index contributed by atoms with van der Waals surface area (Å²) in [5, 5.41) is 0. The smallest absolute Gasteiger partial charge is 0.331 e. The Morgan fingerprint density at radius 3 is 2.35 bits per heavy atom. The molecule has 1 saturated heterocycles. The highest BCUT2D eigenvalue weighted by atomic mass is 32.2. The fraction of sp³-hybridized carbons (Fsp3) is 0.444. The van der Waals surface area contributed by atoms with Gasteiger partial charge in [-0.25, -0.2) is 13.2 Å². The zero-order chi connectivity index (χ0) is 19.2. The third kappa shape index (κ3) is 4.92. The molecule has 0 aliphatic carbocycles. The lowest BCUT2D eigenvalue weighted by molar-refractivity contribution is -0.155. The van der Waals surface area contributed by atoms with Gasteiger partial charge in [0.25, 0.3) is 5.91 Å². The predicted molar refractivity (Wildman–Crippen MR) is 96.8 cm³/mol. The molecule has 0 N–H and O–H groups in total. The van der Waals surface area contributed by atoms with Crippen molar-refractivity contribution in [3.63, 3.8) is 0 Å². The van der Waals surface area contributed by atoms with Gasteiger partial charge in [0.1, 0.15) is 0 Å². The van der Waals surface area contributed by atoms with Crippen LogP contribution in [0.2, 0.25) is 0 Å². The predicted octanol–water partition coefficient (Wildman–Crippen LogP) is 1.42. The van der Waals surface area contributed by atoms with Gasteiger partial charge in [0.2, 0.25) is 10.0 Å². The molecular formula is C18H24N2O5S. The summed E-state index contributed by atoms with van der Waals surface area (Å²) < 4.78 is 31.6. The van der Waals surface area contributed by atoms with Gasteiger partial charge >= 0.3 is 5.97 Å². The number of ether oxygens (including phenoxy) is 1. The summed E-state index contributed by atoms with van der Waals surface area (Å²) >= 11 is 0. The summed E-state index contributed by atoms with van der Waals surface area (Å²) in [4.78, 5) is 25.7. The second-order valence-electron chi connectivity index (χ2n) is 5.93. The monoisotopic (exact) mass is 380 g/mol. The molecule has 1 aliphatic heterocycles. The van der Waals surface area contributed by atoms with Crippen LogP contribution in [0.15, 0.2) is 47.4 Å². The Bertz CT molecular complexity index is 753. The molecule has 1 aromatic carbocycles. The second kappa shape index (κ2) is 8.95. The molecule has 0 saturated carbocycles. The SMILES string of the molecule is CC/C=C/C(=O)O[C@@H](C)C(=O)N1CCN(S(=O)(=O)c2ccccc2)CC1. The van der Waals surface area contributed by atoms with Crippen molar-refractivity contribution in [1.82, 2.24) is 9.21 Å². The fourth-order valence-corrected chi connectivity index (χ4v) is 4.07. The summed E-state index contributed by atoms with van der Waals surface area (Å²) in [6.07, 6.45) is 2.76. The maximum atomic E-state index is 12.6. The van der Waals surface area contributed by atoms with Gasteiger partial charge in [-0.3, -0.25) is 4.79 Å². The molecular weight excluding hydrogens is 356 g/mol. The highest BCUT2D eigenvalue weighted by molar-refractivity contribution is 7.89. The van der Waals surface area contributed by atoms with Crippen LogP contribution in [-0.4, -0.2) is 61.8 Å². The van der Waals surface area contributed by atoms with Gasteiger partial charge < -0.3 is 9.64 Å². The largest absolute Gasteiger partial charge is 0.449 e. The number of hydrogen-bond donors (Lipinski definition) is 0. The number of carbonyl (C=O) groups is 2. The zero-order valence-electron chi connectivity index (χ0n) is 15.0. The minimum atomic E-state index is -3.56. The van der Waals surface area contributed by atoms with Crippen molar-refractivity contribution >= 4 is 21.9 Å². The van der Waals surface area contributed by atoms with Gasteiger partial charge in [0, 0.05) is 32.3 Å². The van der Waals surface area contributed by atoms with Gasteiger partial charge in [-0.2, -0.15) is 4.31 Å². The molecule has 1 aromatic rings. The molecule has 0 spiro atoms. The molecule has 0 unspecified atom stereocenters. The molecule has 2 rings (SSSR count). The van der Waals surface area contributed by atoms with E-state index in [1.54, 1.807) is 36.4 Å². The molecule has 142 valence electrons. The Balaban J connectivity index is 1.92. The summed E-state index contributed by atoms with van der Waals surface area (Å²) in [5.41, 5.74) is 0. The number of nitrogens with zero attached hydrogens (tertiary/aromatic N) is 2. The first kappa shape index (κ1) is 20.1. The first-order valence-electron chi connectivity index (χ1n) is 8.57. The highest BCUT2D eigenvalue weighted by Crippen LogP contribution is 2.17. The normalized spacial score (nSPS) is 17.2. The molecule has 8 heteroatoms. The topological polar surface area (TPSA) is 84.0 Å². The van der Waals surface area contributed by atoms with E-state index in [0.29, 0.717) is 6.42 Å². The van der Waals surface area contributed by atoms with E-state index in [1.165, 1.54) is 22.2 Å². The van der Waals surface area contributed by atoms with Gasteiger partial charge in [-0.1, -0.05) is 31.2 Å². The number of benzene rings is 1. The fourth-order valence-electron chi connectivity index (χ4n) is 2.63. The van der Waals surface area contributed by atoms with Crippen molar-refractivity contribution in [3.8, 4) is 0 Å². The number of allylic oxidation sites excluding steroid dienone is 1. The lowest BCUT2D eigenvalue weighted by Crippen LogP contribution is -2.52. The van der Waals surface area contributed by atoms with Crippen LogP contribution in [0.5, 0.6) is 0 Å². The summed E-state index contributed by atoms with van der Waals surface area (Å²) in [6.45, 7) is 4.35. The third-order valence-electron chi connectivity index (χ3n) is 4.06. The average molecular weight is 380 g/mol. The van der Waals surface area contributed by atoms with E-state index in [0.717, 1.165) is 0 Å². The first-order chi connectivity index (χ1) is 12.4. The standard InChI is InChI=1S/C18H24N2O5S/c1-3-4-10-17(21)25-15(2)18(22)19-11-13-20(14-12-19)26(23,24)16-8-6-5-7-9-16/h4-10,15H,3,11-14H2,1-2H3/b10-4+/t15-/m0/s1. The highest BCUT2D eigenvalue weighted by Gasteiger charge is 2.32. The van der Waals surface area contributed by atoms with Crippen LogP contribution in [0.1, 0.15) is 20.3 Å². The Kier molecular flexibility index (Phi) is 6.93. The van der Waals surface area contributed by atoms with Gasteiger partial charge in [-0.15, -0.1) is 0 Å². The molecule has 26 heavy (non-hydrogen) atoms. The van der Waals surface area contributed by atoms with E-state index in [9.17, 15) is 18.0 Å². The van der Waals surface area contributed by atoms with Crippen LogP contribution < -0.4 is 0 Å². The van der Waals surface area contributed by atoms with Crippen LogP contribution in [0.25, 0.3) is 0 Å². The van der Waals surface area contributed by atoms with Gasteiger partial charge in [-0.05, 0) is 25.5 Å². The number of hydrogen-bond acceptors (Lipinski definition) is 5. The van der Waals surface area contributed by atoms with Crippen molar-refractivity contribution in [2.45, 2.75) is 31.3 Å². The Labute approximate surface area is 154 Å². The van der Waals surface area contributed by atoms with Crippen LogP contribution in [0.3, 0.4) is 0 Å². The van der Waals surface area contributed by atoms with Crippen molar-refractivity contribution in [3.05, 3.63) is 42.5 Å². The second-order valence-corrected chi connectivity index (χ2v) is 7.87. The number of piperazine rings is 1. The lowest BCUT2D eigenvalue weighted by Gasteiger charge is -2.35. The molecule has 1 atom stereocenters. The molecule has 1 amide bonds. The van der Waals surface area contributed by atoms with Crippen LogP contribution in [0, 0.1) is 0 Å². The maximum Gasteiger partial charge on any atom is 0.331 e. The minimum absolute atomic E-state index is 0.208. The number of amides is 1.